The third-order valence-corrected chi connectivity index (χ3v) is 10.6. The van der Waals surface area contributed by atoms with Gasteiger partial charge in [0, 0.05) is 23.1 Å². The molecule has 4 aromatic rings. The molecular formula is C44H51N. The molecule has 2 atom stereocenters. The Kier molecular flexibility index (Phi) is 8.91. The maximum atomic E-state index is 2.62. The van der Waals surface area contributed by atoms with Crippen LogP contribution in [0.1, 0.15) is 83.9 Å². The van der Waals surface area contributed by atoms with Crippen LogP contribution in [0.25, 0.3) is 21.5 Å². The van der Waals surface area contributed by atoms with Crippen LogP contribution in [0.2, 0.25) is 0 Å². The fourth-order valence-electron chi connectivity index (χ4n) is 8.54. The SMILES string of the molecule is CCCCC1Cc2ccc3ccccc3c2C(C)(C)\C1=C/C=C/C=C/C=C/C1N(CCC)c2ccc3ccccc3c2C1(C)C. The van der Waals surface area contributed by atoms with Crippen molar-refractivity contribution >= 4 is 27.2 Å². The molecule has 2 unspecified atom stereocenters. The van der Waals surface area contributed by atoms with Gasteiger partial charge in [-0.3, -0.25) is 0 Å². The molecule has 1 nitrogen and oxygen atoms in total. The van der Waals surface area contributed by atoms with Crippen LogP contribution in [-0.4, -0.2) is 12.6 Å². The normalized spacial score (nSPS) is 21.6. The minimum atomic E-state index is -0.00319. The van der Waals surface area contributed by atoms with Crippen LogP contribution in [0.15, 0.2) is 121 Å². The van der Waals surface area contributed by atoms with Gasteiger partial charge >= 0.3 is 0 Å². The molecule has 1 heteroatoms. The van der Waals surface area contributed by atoms with Crippen molar-refractivity contribution in [3.8, 4) is 0 Å². The minimum absolute atomic E-state index is 0.00319. The summed E-state index contributed by atoms with van der Waals surface area (Å²) in [5, 5.41) is 5.48. The summed E-state index contributed by atoms with van der Waals surface area (Å²) >= 11 is 0. The van der Waals surface area contributed by atoms with E-state index in [0.29, 0.717) is 12.0 Å². The summed E-state index contributed by atoms with van der Waals surface area (Å²) in [6, 6.07) is 27.5. The zero-order valence-corrected chi connectivity index (χ0v) is 28.3. The Labute approximate surface area is 272 Å². The molecule has 0 fully saturated rings. The first-order chi connectivity index (χ1) is 21.8. The van der Waals surface area contributed by atoms with Crippen LogP contribution in [0.5, 0.6) is 0 Å². The number of benzene rings is 4. The second-order valence-electron chi connectivity index (χ2n) is 14.3. The van der Waals surface area contributed by atoms with Crippen LogP contribution in [0.3, 0.4) is 0 Å². The first-order valence-corrected chi connectivity index (χ1v) is 17.3. The van der Waals surface area contributed by atoms with Gasteiger partial charge in [0.1, 0.15) is 0 Å². The number of unbranched alkanes of at least 4 members (excludes halogenated alkanes) is 1. The molecule has 0 bridgehead atoms. The Balaban J connectivity index is 1.24. The molecule has 1 heterocycles. The van der Waals surface area contributed by atoms with Crippen molar-refractivity contribution < 1.29 is 0 Å². The molecule has 6 rings (SSSR count). The van der Waals surface area contributed by atoms with E-state index in [1.54, 1.807) is 5.57 Å². The summed E-state index contributed by atoms with van der Waals surface area (Å²) in [6.45, 7) is 15.4. The zero-order valence-electron chi connectivity index (χ0n) is 28.3. The Morgan fingerprint density at radius 1 is 0.711 bits per heavy atom. The van der Waals surface area contributed by atoms with Gasteiger partial charge < -0.3 is 4.90 Å². The van der Waals surface area contributed by atoms with Crippen molar-refractivity contribution in [3.63, 3.8) is 0 Å². The topological polar surface area (TPSA) is 3.24 Å². The van der Waals surface area contributed by atoms with Crippen LogP contribution < -0.4 is 4.90 Å². The Bertz CT molecular complexity index is 1790. The van der Waals surface area contributed by atoms with Crippen molar-refractivity contribution in [1.82, 2.24) is 0 Å². The number of allylic oxidation sites excluding steroid dienone is 7. The molecular weight excluding hydrogens is 542 g/mol. The molecule has 0 aromatic heterocycles. The maximum Gasteiger partial charge on any atom is 0.0568 e. The molecule has 45 heavy (non-hydrogen) atoms. The number of nitrogens with zero attached hydrogens (tertiary/aromatic N) is 1. The van der Waals surface area contributed by atoms with E-state index in [1.165, 1.54) is 63.2 Å². The first-order valence-electron chi connectivity index (χ1n) is 17.3. The second-order valence-corrected chi connectivity index (χ2v) is 14.3. The summed E-state index contributed by atoms with van der Waals surface area (Å²) in [5.74, 6) is 0.592. The van der Waals surface area contributed by atoms with Gasteiger partial charge in [0.05, 0.1) is 6.04 Å². The second kappa shape index (κ2) is 12.9. The van der Waals surface area contributed by atoms with Gasteiger partial charge in [-0.05, 0) is 69.5 Å². The van der Waals surface area contributed by atoms with Crippen molar-refractivity contribution in [2.75, 3.05) is 11.4 Å². The molecule has 0 saturated carbocycles. The highest BCUT2D eigenvalue weighted by molar-refractivity contribution is 5.93. The Morgan fingerprint density at radius 2 is 1.36 bits per heavy atom. The third kappa shape index (κ3) is 5.71. The van der Waals surface area contributed by atoms with Crippen molar-refractivity contribution in [2.45, 2.75) is 90.5 Å². The van der Waals surface area contributed by atoms with Crippen LogP contribution in [-0.2, 0) is 17.3 Å². The van der Waals surface area contributed by atoms with Gasteiger partial charge in [-0.2, -0.15) is 0 Å². The molecule has 0 radical (unpaired) electrons. The van der Waals surface area contributed by atoms with Crippen LogP contribution in [0, 0.1) is 5.92 Å². The predicted octanol–water partition coefficient (Wildman–Crippen LogP) is 11.8. The molecule has 4 aromatic carbocycles. The summed E-state index contributed by atoms with van der Waals surface area (Å²) < 4.78 is 0. The molecule has 2 aliphatic rings. The molecule has 1 aliphatic heterocycles. The number of fused-ring (bicyclic) bond motifs is 6. The van der Waals surface area contributed by atoms with E-state index in [-0.39, 0.29) is 10.8 Å². The fraction of sp³-hybridized carbons (Fsp3) is 0.364. The maximum absolute atomic E-state index is 2.62. The monoisotopic (exact) mass is 593 g/mol. The summed E-state index contributed by atoms with van der Waals surface area (Å²) in [6.07, 6.45) is 22.1. The predicted molar refractivity (Wildman–Crippen MR) is 198 cm³/mol. The highest BCUT2D eigenvalue weighted by atomic mass is 15.2. The lowest BCUT2D eigenvalue weighted by Gasteiger charge is -2.41. The quantitative estimate of drug-likeness (QED) is 0.174. The average Bonchev–Trinajstić information content (AvgIpc) is 3.25. The van der Waals surface area contributed by atoms with E-state index in [4.69, 9.17) is 0 Å². The van der Waals surface area contributed by atoms with Gasteiger partial charge in [-0.25, -0.2) is 0 Å². The average molecular weight is 594 g/mol. The zero-order chi connectivity index (χ0) is 31.6. The Morgan fingerprint density at radius 3 is 2.07 bits per heavy atom. The summed E-state index contributed by atoms with van der Waals surface area (Å²) in [5.41, 5.74) is 7.54. The molecule has 0 saturated heterocycles. The van der Waals surface area contributed by atoms with Crippen molar-refractivity contribution in [1.29, 1.82) is 0 Å². The largest absolute Gasteiger partial charge is 0.364 e. The molecule has 232 valence electrons. The summed E-state index contributed by atoms with van der Waals surface area (Å²) in [7, 11) is 0. The van der Waals surface area contributed by atoms with Gasteiger partial charge in [0.2, 0.25) is 0 Å². The van der Waals surface area contributed by atoms with E-state index < -0.39 is 0 Å². The van der Waals surface area contributed by atoms with Crippen LogP contribution >= 0.6 is 0 Å². The van der Waals surface area contributed by atoms with E-state index in [2.05, 4.69) is 162 Å². The number of anilines is 1. The number of rotatable bonds is 9. The first kappa shape index (κ1) is 31.2. The lowest BCUT2D eigenvalue weighted by molar-refractivity contribution is 0.423. The van der Waals surface area contributed by atoms with Crippen molar-refractivity contribution in [2.24, 2.45) is 5.92 Å². The number of hydrogen-bond acceptors (Lipinski definition) is 1. The lowest BCUT2D eigenvalue weighted by atomic mass is 9.62. The van der Waals surface area contributed by atoms with Gasteiger partial charge in [0.25, 0.3) is 0 Å². The van der Waals surface area contributed by atoms with Gasteiger partial charge in [-0.15, -0.1) is 0 Å². The van der Waals surface area contributed by atoms with E-state index in [9.17, 15) is 0 Å². The minimum Gasteiger partial charge on any atom is -0.364 e. The number of hydrogen-bond donors (Lipinski definition) is 0. The van der Waals surface area contributed by atoms with E-state index >= 15 is 0 Å². The summed E-state index contributed by atoms with van der Waals surface area (Å²) in [4.78, 5) is 2.62. The molecule has 0 spiro atoms. The molecule has 0 N–H and O–H groups in total. The van der Waals surface area contributed by atoms with Gasteiger partial charge in [-0.1, -0.05) is 169 Å². The van der Waals surface area contributed by atoms with Crippen molar-refractivity contribution in [3.05, 3.63) is 138 Å². The van der Waals surface area contributed by atoms with Crippen LogP contribution in [0.4, 0.5) is 5.69 Å². The highest BCUT2D eigenvalue weighted by Crippen LogP contribution is 2.50. The smallest absolute Gasteiger partial charge is 0.0568 e. The highest BCUT2D eigenvalue weighted by Gasteiger charge is 2.43. The van der Waals surface area contributed by atoms with Gasteiger partial charge in [0.15, 0.2) is 0 Å². The third-order valence-electron chi connectivity index (χ3n) is 10.6. The standard InChI is InChI=1S/C44H51N/c1-7-9-19-34-31-35-27-26-32-20-15-17-22-36(32)41(35)43(3,4)38(34)24-13-11-10-12-14-25-40-44(5,6)42-37-23-18-16-21-33(37)28-29-39(42)45(40)30-8-2/h10-18,20-29,34,40H,7-9,19,30-31H2,1-6H3/b12-10+,13-11+,25-14+,38-24-. The van der Waals surface area contributed by atoms with E-state index in [1.807, 2.05) is 0 Å². The lowest BCUT2D eigenvalue weighted by Crippen LogP contribution is -2.40. The van der Waals surface area contributed by atoms with E-state index in [0.717, 1.165) is 19.4 Å². The Hall–Kier alpha value is -3.84. The molecule has 0 amide bonds. The molecule has 1 aliphatic carbocycles. The fourth-order valence-corrected chi connectivity index (χ4v) is 8.54.